The summed E-state index contributed by atoms with van der Waals surface area (Å²) in [6.45, 7) is 6.86. The Bertz CT molecular complexity index is 376. The molecule has 3 atom stereocenters. The molecule has 108 valence electrons. The minimum atomic E-state index is 0.706. The van der Waals surface area contributed by atoms with Crippen molar-refractivity contribution in [3.63, 3.8) is 0 Å². The normalized spacial score (nSPS) is 27.6. The van der Waals surface area contributed by atoms with E-state index >= 15 is 0 Å². The van der Waals surface area contributed by atoms with Crippen molar-refractivity contribution in [1.82, 2.24) is 25.5 Å². The maximum absolute atomic E-state index is 4.33. The van der Waals surface area contributed by atoms with Gasteiger partial charge in [0.1, 0.15) is 0 Å². The molecule has 1 aromatic heterocycles. The van der Waals surface area contributed by atoms with Gasteiger partial charge in [-0.3, -0.25) is 0 Å². The van der Waals surface area contributed by atoms with E-state index in [4.69, 9.17) is 0 Å². The fraction of sp³-hybridized carbons (Fsp3) is 0.929. The molecule has 0 bridgehead atoms. The Kier molecular flexibility index (Phi) is 5.31. The van der Waals surface area contributed by atoms with Gasteiger partial charge in [-0.05, 0) is 55.3 Å². The van der Waals surface area contributed by atoms with Crippen molar-refractivity contribution >= 4 is 0 Å². The fourth-order valence-electron chi connectivity index (χ4n) is 3.18. The third-order valence-corrected chi connectivity index (χ3v) is 4.23. The van der Waals surface area contributed by atoms with Gasteiger partial charge in [0.05, 0.1) is 7.05 Å². The number of nitrogens with one attached hydrogen (secondary N) is 1. The van der Waals surface area contributed by atoms with Gasteiger partial charge in [0.15, 0.2) is 5.82 Å². The molecule has 3 unspecified atom stereocenters. The van der Waals surface area contributed by atoms with Crippen molar-refractivity contribution in [2.45, 2.75) is 46.0 Å². The molecule has 2 rings (SSSR count). The number of rotatable bonds is 6. The van der Waals surface area contributed by atoms with Crippen LogP contribution in [-0.4, -0.2) is 33.3 Å². The van der Waals surface area contributed by atoms with E-state index in [1.54, 1.807) is 4.80 Å². The van der Waals surface area contributed by atoms with Gasteiger partial charge < -0.3 is 5.32 Å². The predicted molar refractivity (Wildman–Crippen MR) is 75.7 cm³/mol. The summed E-state index contributed by atoms with van der Waals surface area (Å²) >= 11 is 0. The Morgan fingerprint density at radius 3 is 2.84 bits per heavy atom. The van der Waals surface area contributed by atoms with Gasteiger partial charge in [-0.15, -0.1) is 10.2 Å². The van der Waals surface area contributed by atoms with Crippen molar-refractivity contribution in [2.24, 2.45) is 24.8 Å². The lowest BCUT2D eigenvalue weighted by atomic mass is 9.73. The van der Waals surface area contributed by atoms with Crippen LogP contribution >= 0.6 is 0 Å². The molecule has 0 aliphatic heterocycles. The number of nitrogens with zero attached hydrogens (tertiary/aromatic N) is 4. The lowest BCUT2D eigenvalue weighted by Gasteiger charge is -2.34. The van der Waals surface area contributed by atoms with E-state index in [0.717, 1.165) is 37.2 Å². The third kappa shape index (κ3) is 4.27. The summed E-state index contributed by atoms with van der Waals surface area (Å²) < 4.78 is 0. The molecule has 1 heterocycles. The molecule has 0 spiro atoms. The lowest BCUT2D eigenvalue weighted by Crippen LogP contribution is -2.34. The van der Waals surface area contributed by atoms with Gasteiger partial charge in [-0.2, -0.15) is 4.80 Å². The van der Waals surface area contributed by atoms with E-state index in [9.17, 15) is 0 Å². The van der Waals surface area contributed by atoms with Gasteiger partial charge in [0, 0.05) is 6.42 Å². The number of hydrogen-bond acceptors (Lipinski definition) is 4. The predicted octanol–water partition coefficient (Wildman–Crippen LogP) is 1.80. The molecule has 19 heavy (non-hydrogen) atoms. The summed E-state index contributed by atoms with van der Waals surface area (Å²) in [6.07, 6.45) is 6.19. The van der Waals surface area contributed by atoms with Crippen molar-refractivity contribution in [1.29, 1.82) is 0 Å². The molecular weight excluding hydrogens is 238 g/mol. The summed E-state index contributed by atoms with van der Waals surface area (Å²) in [7, 11) is 1.83. The average molecular weight is 265 g/mol. The zero-order valence-corrected chi connectivity index (χ0v) is 12.5. The maximum atomic E-state index is 4.33. The quantitative estimate of drug-likeness (QED) is 0.797. The average Bonchev–Trinajstić information content (AvgIpc) is 2.78. The minimum Gasteiger partial charge on any atom is -0.316 e. The molecule has 0 radical (unpaired) electrons. The summed E-state index contributed by atoms with van der Waals surface area (Å²) in [6, 6.07) is 0. The Morgan fingerprint density at radius 1 is 1.32 bits per heavy atom. The van der Waals surface area contributed by atoms with Crippen LogP contribution < -0.4 is 5.32 Å². The van der Waals surface area contributed by atoms with Crippen molar-refractivity contribution < 1.29 is 0 Å². The van der Waals surface area contributed by atoms with Gasteiger partial charge in [0.2, 0.25) is 0 Å². The lowest BCUT2D eigenvalue weighted by molar-refractivity contribution is 0.181. The summed E-state index contributed by atoms with van der Waals surface area (Å²) in [5, 5.41) is 16.0. The zero-order chi connectivity index (χ0) is 13.7. The van der Waals surface area contributed by atoms with Crippen LogP contribution in [0.2, 0.25) is 0 Å². The van der Waals surface area contributed by atoms with E-state index in [0.29, 0.717) is 5.92 Å². The van der Waals surface area contributed by atoms with Crippen LogP contribution in [0.25, 0.3) is 0 Å². The van der Waals surface area contributed by atoms with Gasteiger partial charge in [-0.25, -0.2) is 0 Å². The first-order valence-corrected chi connectivity index (χ1v) is 7.62. The third-order valence-electron chi connectivity index (χ3n) is 4.23. The second-order valence-electron chi connectivity index (χ2n) is 6.04. The van der Waals surface area contributed by atoms with Crippen molar-refractivity contribution in [3.8, 4) is 0 Å². The monoisotopic (exact) mass is 265 g/mol. The Balaban J connectivity index is 1.91. The number of aryl methyl sites for hydroxylation is 1. The summed E-state index contributed by atoms with van der Waals surface area (Å²) in [5.74, 6) is 3.22. The topological polar surface area (TPSA) is 55.6 Å². The van der Waals surface area contributed by atoms with Crippen LogP contribution in [0.4, 0.5) is 0 Å². The molecule has 1 aromatic rings. The molecular formula is C14H27N5. The summed E-state index contributed by atoms with van der Waals surface area (Å²) in [5.41, 5.74) is 0. The second kappa shape index (κ2) is 6.98. The molecule has 5 nitrogen and oxygen atoms in total. The molecule has 1 fully saturated rings. The van der Waals surface area contributed by atoms with Crippen LogP contribution in [0, 0.1) is 17.8 Å². The SMILES string of the molecule is CCCNCC1CCC(C)CC1Cc1nnn(C)n1. The van der Waals surface area contributed by atoms with Crippen molar-refractivity contribution in [3.05, 3.63) is 5.82 Å². The highest BCUT2D eigenvalue weighted by Crippen LogP contribution is 2.35. The highest BCUT2D eigenvalue weighted by atomic mass is 15.6. The van der Waals surface area contributed by atoms with E-state index in [-0.39, 0.29) is 0 Å². The zero-order valence-electron chi connectivity index (χ0n) is 12.5. The van der Waals surface area contributed by atoms with E-state index in [2.05, 4.69) is 34.6 Å². The molecule has 0 aromatic carbocycles. The van der Waals surface area contributed by atoms with Gasteiger partial charge >= 0.3 is 0 Å². The molecule has 1 saturated carbocycles. The molecule has 0 saturated heterocycles. The fourth-order valence-corrected chi connectivity index (χ4v) is 3.18. The molecule has 0 amide bonds. The van der Waals surface area contributed by atoms with Crippen LogP contribution in [0.1, 0.15) is 45.4 Å². The molecule has 1 aliphatic carbocycles. The van der Waals surface area contributed by atoms with Crippen LogP contribution in [0.15, 0.2) is 0 Å². The molecule has 1 N–H and O–H groups in total. The first-order chi connectivity index (χ1) is 9.19. The smallest absolute Gasteiger partial charge is 0.175 e. The van der Waals surface area contributed by atoms with Crippen LogP contribution in [0.3, 0.4) is 0 Å². The van der Waals surface area contributed by atoms with Gasteiger partial charge in [-0.1, -0.05) is 20.3 Å². The van der Waals surface area contributed by atoms with Crippen LogP contribution in [0.5, 0.6) is 0 Å². The largest absolute Gasteiger partial charge is 0.316 e. The van der Waals surface area contributed by atoms with Crippen LogP contribution in [-0.2, 0) is 13.5 Å². The highest BCUT2D eigenvalue weighted by Gasteiger charge is 2.29. The number of hydrogen-bond donors (Lipinski definition) is 1. The van der Waals surface area contributed by atoms with E-state index < -0.39 is 0 Å². The Morgan fingerprint density at radius 2 is 2.16 bits per heavy atom. The maximum Gasteiger partial charge on any atom is 0.175 e. The van der Waals surface area contributed by atoms with E-state index in [1.165, 1.54) is 25.7 Å². The standard InChI is InChI=1S/C14H27N5/c1-4-7-15-10-12-6-5-11(2)8-13(12)9-14-16-18-19(3)17-14/h11-13,15H,4-10H2,1-3H3. The number of tetrazole rings is 1. The molecule has 1 aliphatic rings. The highest BCUT2D eigenvalue weighted by molar-refractivity contribution is 4.88. The molecule has 5 heteroatoms. The van der Waals surface area contributed by atoms with Gasteiger partial charge in [0.25, 0.3) is 0 Å². The Labute approximate surface area is 116 Å². The summed E-state index contributed by atoms with van der Waals surface area (Å²) in [4.78, 5) is 1.56. The Hall–Kier alpha value is -0.970. The number of aromatic nitrogens is 4. The van der Waals surface area contributed by atoms with E-state index in [1.807, 2.05) is 7.05 Å². The van der Waals surface area contributed by atoms with Crippen molar-refractivity contribution in [2.75, 3.05) is 13.1 Å². The second-order valence-corrected chi connectivity index (χ2v) is 6.04. The minimum absolute atomic E-state index is 0.706. The first-order valence-electron chi connectivity index (χ1n) is 7.62. The first kappa shape index (κ1) is 14.4.